The highest BCUT2D eigenvalue weighted by Crippen LogP contribution is 2.10. The van der Waals surface area contributed by atoms with E-state index in [1.165, 1.54) is 0 Å². The quantitative estimate of drug-likeness (QED) is 0.762. The van der Waals surface area contributed by atoms with E-state index in [0.29, 0.717) is 6.54 Å². The first kappa shape index (κ1) is 10.8. The highest BCUT2D eigenvalue weighted by molar-refractivity contribution is 5.44. The lowest BCUT2D eigenvalue weighted by atomic mass is 10.3. The second-order valence-corrected chi connectivity index (χ2v) is 4.30. The molecule has 0 aliphatic heterocycles. The van der Waals surface area contributed by atoms with Gasteiger partial charge in [-0.1, -0.05) is 6.07 Å². The van der Waals surface area contributed by atoms with Gasteiger partial charge in [-0.15, -0.1) is 0 Å². The number of aromatic nitrogens is 3. The molecule has 0 radical (unpaired) electrons. The Morgan fingerprint density at radius 2 is 2.22 bits per heavy atom. The van der Waals surface area contributed by atoms with Crippen LogP contribution in [0.15, 0.2) is 49.1 Å². The number of hydrogen-bond acceptors (Lipinski definition) is 3. The lowest BCUT2D eigenvalue weighted by molar-refractivity contribution is 1.07. The molecule has 0 aliphatic rings. The van der Waals surface area contributed by atoms with Gasteiger partial charge < -0.3 is 9.72 Å². The fraction of sp³-hybridized carbons (Fsp3) is 0.143. The molecule has 3 aromatic heterocycles. The summed E-state index contributed by atoms with van der Waals surface area (Å²) in [5.41, 5.74) is 4.15. The predicted octanol–water partition coefficient (Wildman–Crippen LogP) is 2.65. The van der Waals surface area contributed by atoms with Crippen LogP contribution in [0.4, 0.5) is 5.69 Å². The molecule has 4 heteroatoms. The average Bonchev–Trinajstić information content (AvgIpc) is 2.79. The van der Waals surface area contributed by atoms with Gasteiger partial charge in [-0.05, 0) is 30.7 Å². The Hall–Kier alpha value is -2.36. The summed E-state index contributed by atoms with van der Waals surface area (Å²) in [6, 6.07) is 8.06. The van der Waals surface area contributed by atoms with E-state index in [2.05, 4.69) is 21.4 Å². The van der Waals surface area contributed by atoms with E-state index < -0.39 is 0 Å². The third kappa shape index (κ3) is 2.18. The lowest BCUT2D eigenvalue weighted by Gasteiger charge is -2.03. The second-order valence-electron chi connectivity index (χ2n) is 4.30. The Bertz CT molecular complexity index is 639. The van der Waals surface area contributed by atoms with Crippen LogP contribution in [0.2, 0.25) is 0 Å². The Kier molecular flexibility index (Phi) is 2.68. The first-order valence-corrected chi connectivity index (χ1v) is 5.89. The monoisotopic (exact) mass is 238 g/mol. The van der Waals surface area contributed by atoms with Crippen molar-refractivity contribution >= 4 is 11.3 Å². The number of anilines is 1. The van der Waals surface area contributed by atoms with Crippen molar-refractivity contribution in [2.75, 3.05) is 5.32 Å². The van der Waals surface area contributed by atoms with E-state index in [9.17, 15) is 0 Å². The molecule has 0 saturated carbocycles. The molecule has 18 heavy (non-hydrogen) atoms. The molecule has 0 saturated heterocycles. The molecule has 3 aromatic rings. The van der Waals surface area contributed by atoms with Crippen LogP contribution in [-0.2, 0) is 6.54 Å². The number of aryl methyl sites for hydroxylation is 1. The predicted molar refractivity (Wildman–Crippen MR) is 71.5 cm³/mol. The molecule has 3 rings (SSSR count). The fourth-order valence-corrected chi connectivity index (χ4v) is 1.92. The minimum atomic E-state index is 0.701. The number of imidazole rings is 1. The third-order valence-corrected chi connectivity index (χ3v) is 2.76. The van der Waals surface area contributed by atoms with Crippen LogP contribution < -0.4 is 5.32 Å². The largest absolute Gasteiger partial charge is 0.378 e. The number of nitrogens with zero attached hydrogens (tertiary/aromatic N) is 3. The third-order valence-electron chi connectivity index (χ3n) is 2.76. The van der Waals surface area contributed by atoms with Gasteiger partial charge in [0.2, 0.25) is 0 Å². The maximum atomic E-state index is 4.53. The number of fused-ring (bicyclic) bond motifs is 1. The molecular weight excluding hydrogens is 224 g/mol. The molecular formula is C14H14N4. The molecule has 0 bridgehead atoms. The van der Waals surface area contributed by atoms with E-state index in [1.54, 1.807) is 0 Å². The van der Waals surface area contributed by atoms with Crippen molar-refractivity contribution in [2.45, 2.75) is 13.5 Å². The molecule has 0 fully saturated rings. The summed E-state index contributed by atoms with van der Waals surface area (Å²) in [6.45, 7) is 2.73. The summed E-state index contributed by atoms with van der Waals surface area (Å²) >= 11 is 0. The van der Waals surface area contributed by atoms with Crippen LogP contribution in [0.25, 0.3) is 5.65 Å². The molecule has 0 aromatic carbocycles. The zero-order valence-corrected chi connectivity index (χ0v) is 10.2. The molecule has 0 atom stereocenters. The summed E-state index contributed by atoms with van der Waals surface area (Å²) in [4.78, 5) is 8.68. The average molecular weight is 238 g/mol. The smallest absolute Gasteiger partial charge is 0.137 e. The van der Waals surface area contributed by atoms with Crippen molar-refractivity contribution in [3.8, 4) is 0 Å². The molecule has 0 amide bonds. The van der Waals surface area contributed by atoms with E-state index >= 15 is 0 Å². The Labute approximate surface area is 105 Å². The van der Waals surface area contributed by atoms with Gasteiger partial charge in [0.1, 0.15) is 5.65 Å². The molecule has 90 valence electrons. The van der Waals surface area contributed by atoms with E-state index in [4.69, 9.17) is 0 Å². The van der Waals surface area contributed by atoms with Crippen LogP contribution in [0.5, 0.6) is 0 Å². The minimum Gasteiger partial charge on any atom is -0.378 e. The standard InChI is InChI=1S/C14H14N4/c1-11-6-12(8-15-7-11)16-9-13-10-18-5-3-2-4-14(18)17-13/h2-8,10,16H,9H2,1H3. The van der Waals surface area contributed by atoms with Gasteiger partial charge in [-0.25, -0.2) is 4.98 Å². The van der Waals surface area contributed by atoms with Gasteiger partial charge in [-0.3, -0.25) is 4.98 Å². The van der Waals surface area contributed by atoms with Gasteiger partial charge in [0.05, 0.1) is 17.9 Å². The van der Waals surface area contributed by atoms with Crippen LogP contribution in [0, 0.1) is 6.92 Å². The SMILES string of the molecule is Cc1cncc(NCc2cn3ccccc3n2)c1. The molecule has 0 unspecified atom stereocenters. The molecule has 3 heterocycles. The van der Waals surface area contributed by atoms with E-state index in [-0.39, 0.29) is 0 Å². The molecule has 4 nitrogen and oxygen atoms in total. The summed E-state index contributed by atoms with van der Waals surface area (Å²) in [7, 11) is 0. The number of hydrogen-bond donors (Lipinski definition) is 1. The second kappa shape index (κ2) is 4.49. The Balaban J connectivity index is 1.76. The van der Waals surface area contributed by atoms with Crippen molar-refractivity contribution in [1.29, 1.82) is 0 Å². The summed E-state index contributed by atoms with van der Waals surface area (Å²) in [6.07, 6.45) is 7.70. The van der Waals surface area contributed by atoms with Gasteiger partial charge in [0, 0.05) is 24.8 Å². The van der Waals surface area contributed by atoms with Crippen LogP contribution in [0.3, 0.4) is 0 Å². The molecule has 1 N–H and O–H groups in total. The lowest BCUT2D eigenvalue weighted by Crippen LogP contribution is -2.00. The highest BCUT2D eigenvalue weighted by atomic mass is 15.0. The van der Waals surface area contributed by atoms with E-state index in [1.807, 2.05) is 54.3 Å². The molecule has 0 aliphatic carbocycles. The van der Waals surface area contributed by atoms with Crippen molar-refractivity contribution in [3.05, 3.63) is 60.3 Å². The zero-order valence-electron chi connectivity index (χ0n) is 10.2. The summed E-state index contributed by atoms with van der Waals surface area (Å²) in [5, 5.41) is 3.32. The maximum Gasteiger partial charge on any atom is 0.137 e. The fourth-order valence-electron chi connectivity index (χ4n) is 1.92. The van der Waals surface area contributed by atoms with Crippen molar-refractivity contribution in [1.82, 2.24) is 14.4 Å². The molecule has 0 spiro atoms. The van der Waals surface area contributed by atoms with Crippen molar-refractivity contribution in [3.63, 3.8) is 0 Å². The number of pyridine rings is 2. The number of nitrogens with one attached hydrogen (secondary N) is 1. The van der Waals surface area contributed by atoms with Crippen molar-refractivity contribution in [2.24, 2.45) is 0 Å². The van der Waals surface area contributed by atoms with Crippen LogP contribution in [0.1, 0.15) is 11.3 Å². The van der Waals surface area contributed by atoms with Gasteiger partial charge in [0.15, 0.2) is 0 Å². The number of rotatable bonds is 3. The summed E-state index contributed by atoms with van der Waals surface area (Å²) < 4.78 is 2.02. The highest BCUT2D eigenvalue weighted by Gasteiger charge is 2.00. The zero-order chi connectivity index (χ0) is 12.4. The first-order valence-electron chi connectivity index (χ1n) is 5.89. The minimum absolute atomic E-state index is 0.701. The van der Waals surface area contributed by atoms with Gasteiger partial charge >= 0.3 is 0 Å². The maximum absolute atomic E-state index is 4.53. The van der Waals surface area contributed by atoms with Crippen LogP contribution in [-0.4, -0.2) is 14.4 Å². The van der Waals surface area contributed by atoms with Crippen molar-refractivity contribution < 1.29 is 0 Å². The normalized spacial score (nSPS) is 10.7. The Morgan fingerprint density at radius 3 is 3.06 bits per heavy atom. The topological polar surface area (TPSA) is 42.2 Å². The Morgan fingerprint density at radius 1 is 1.28 bits per heavy atom. The van der Waals surface area contributed by atoms with E-state index in [0.717, 1.165) is 22.6 Å². The van der Waals surface area contributed by atoms with Gasteiger partial charge in [-0.2, -0.15) is 0 Å². The van der Waals surface area contributed by atoms with Gasteiger partial charge in [0.25, 0.3) is 0 Å². The first-order chi connectivity index (χ1) is 8.81. The summed E-state index contributed by atoms with van der Waals surface area (Å²) in [5.74, 6) is 0. The van der Waals surface area contributed by atoms with Crippen LogP contribution >= 0.6 is 0 Å².